The van der Waals surface area contributed by atoms with Crippen LogP contribution in [-0.2, 0) is 16.3 Å². The summed E-state index contributed by atoms with van der Waals surface area (Å²) in [4.78, 5) is 0. The van der Waals surface area contributed by atoms with Gasteiger partial charge in [0, 0.05) is 16.3 Å². The fraction of sp³-hybridized carbons (Fsp3) is 0.571. The maximum atomic E-state index is 11.4. The molecule has 0 aromatic heterocycles. The lowest BCUT2D eigenvalue weighted by Gasteiger charge is -2.13. The third-order valence-corrected chi connectivity index (χ3v) is 5.15. The molecule has 114 valence electrons. The van der Waals surface area contributed by atoms with Crippen molar-refractivity contribution in [1.82, 2.24) is 0 Å². The fourth-order valence-electron chi connectivity index (χ4n) is 1.80. The number of hydrogen-bond donors (Lipinski definition) is 1. The van der Waals surface area contributed by atoms with E-state index in [1.54, 1.807) is 6.92 Å². The lowest BCUT2D eigenvalue weighted by atomic mass is 10.1. The van der Waals surface area contributed by atoms with Crippen LogP contribution in [0, 0.1) is 0 Å². The highest BCUT2D eigenvalue weighted by Crippen LogP contribution is 2.24. The predicted octanol–water partition coefficient (Wildman–Crippen LogP) is 2.54. The summed E-state index contributed by atoms with van der Waals surface area (Å²) in [5.41, 5.74) is 6.86. The molecule has 0 radical (unpaired) electrons. The van der Waals surface area contributed by atoms with Gasteiger partial charge in [0.25, 0.3) is 0 Å². The van der Waals surface area contributed by atoms with Crippen LogP contribution in [0.5, 0.6) is 5.75 Å². The van der Waals surface area contributed by atoms with Gasteiger partial charge >= 0.3 is 0 Å². The molecule has 0 aliphatic rings. The van der Waals surface area contributed by atoms with Gasteiger partial charge in [-0.2, -0.15) is 0 Å². The number of rotatable bonds is 8. The van der Waals surface area contributed by atoms with Crippen molar-refractivity contribution in [2.75, 3.05) is 18.1 Å². The van der Waals surface area contributed by atoms with Crippen molar-refractivity contribution in [3.8, 4) is 5.75 Å². The first-order chi connectivity index (χ1) is 9.34. The second-order valence-corrected chi connectivity index (χ2v) is 8.26. The third kappa shape index (κ3) is 6.24. The van der Waals surface area contributed by atoms with Crippen LogP contribution in [0.3, 0.4) is 0 Å². The maximum absolute atomic E-state index is 11.4. The van der Waals surface area contributed by atoms with Crippen molar-refractivity contribution in [3.63, 3.8) is 0 Å². The van der Waals surface area contributed by atoms with E-state index in [2.05, 4.69) is 15.9 Å². The summed E-state index contributed by atoms with van der Waals surface area (Å²) in [5, 5.41) is 0. The second-order valence-electron chi connectivity index (χ2n) is 4.87. The summed E-state index contributed by atoms with van der Waals surface area (Å²) >= 11 is 3.43. The Hall–Kier alpha value is -0.590. The molecule has 0 aliphatic heterocycles. The Labute approximate surface area is 129 Å². The zero-order valence-corrected chi connectivity index (χ0v) is 14.3. The zero-order valence-electron chi connectivity index (χ0n) is 11.9. The molecule has 1 atom stereocenters. The Morgan fingerprint density at radius 2 is 2.10 bits per heavy atom. The maximum Gasteiger partial charge on any atom is 0.150 e. The van der Waals surface area contributed by atoms with Crippen LogP contribution in [0.1, 0.15) is 25.8 Å². The number of nitrogens with two attached hydrogens (primary N) is 1. The van der Waals surface area contributed by atoms with E-state index in [4.69, 9.17) is 10.5 Å². The van der Waals surface area contributed by atoms with Crippen molar-refractivity contribution >= 4 is 25.8 Å². The van der Waals surface area contributed by atoms with Gasteiger partial charge < -0.3 is 10.5 Å². The molecule has 20 heavy (non-hydrogen) atoms. The first-order valence-electron chi connectivity index (χ1n) is 6.71. The first kappa shape index (κ1) is 17.5. The molecule has 0 fully saturated rings. The summed E-state index contributed by atoms with van der Waals surface area (Å²) in [5.74, 6) is 1.13. The largest absolute Gasteiger partial charge is 0.493 e. The highest BCUT2D eigenvalue weighted by Gasteiger charge is 2.09. The van der Waals surface area contributed by atoms with Crippen molar-refractivity contribution in [3.05, 3.63) is 28.2 Å². The SMILES string of the molecule is CCS(=O)(=O)CCCOc1ccc(Br)cc1CC(C)N. The Balaban J connectivity index is 2.59. The van der Waals surface area contributed by atoms with Crippen molar-refractivity contribution in [2.24, 2.45) is 5.73 Å². The van der Waals surface area contributed by atoms with E-state index < -0.39 is 9.84 Å². The average Bonchev–Trinajstić information content (AvgIpc) is 2.36. The average molecular weight is 364 g/mol. The van der Waals surface area contributed by atoms with Gasteiger partial charge in [0.05, 0.1) is 12.4 Å². The molecule has 4 nitrogen and oxygen atoms in total. The number of hydrogen-bond acceptors (Lipinski definition) is 4. The Morgan fingerprint density at radius 1 is 1.40 bits per heavy atom. The smallest absolute Gasteiger partial charge is 0.150 e. The molecule has 1 rings (SSSR count). The van der Waals surface area contributed by atoms with Crippen LogP contribution in [0.4, 0.5) is 0 Å². The third-order valence-electron chi connectivity index (χ3n) is 2.86. The van der Waals surface area contributed by atoms with Gasteiger partial charge in [-0.25, -0.2) is 8.42 Å². The molecule has 2 N–H and O–H groups in total. The number of sulfone groups is 1. The van der Waals surface area contributed by atoms with Crippen molar-refractivity contribution in [2.45, 2.75) is 32.7 Å². The highest BCUT2D eigenvalue weighted by molar-refractivity contribution is 9.10. The quantitative estimate of drug-likeness (QED) is 0.720. The summed E-state index contributed by atoms with van der Waals surface area (Å²) in [6, 6.07) is 5.83. The van der Waals surface area contributed by atoms with E-state index in [0.29, 0.717) is 13.0 Å². The topological polar surface area (TPSA) is 69.4 Å². The normalized spacial score (nSPS) is 13.2. The summed E-state index contributed by atoms with van der Waals surface area (Å²) in [6.45, 7) is 4.00. The molecule has 1 aromatic rings. The van der Waals surface area contributed by atoms with Crippen molar-refractivity contribution in [1.29, 1.82) is 0 Å². The molecule has 0 amide bonds. The molecule has 1 aromatic carbocycles. The lowest BCUT2D eigenvalue weighted by molar-refractivity contribution is 0.314. The molecule has 1 unspecified atom stereocenters. The van der Waals surface area contributed by atoms with Gasteiger partial charge in [-0.15, -0.1) is 0 Å². The standard InChI is InChI=1S/C14H22BrNO3S/c1-3-20(17,18)8-4-7-19-14-6-5-13(15)10-12(14)9-11(2)16/h5-6,10-11H,3-4,7-9,16H2,1-2H3. The van der Waals surface area contributed by atoms with Crippen LogP contribution >= 0.6 is 15.9 Å². The molecule has 0 saturated carbocycles. The van der Waals surface area contributed by atoms with E-state index >= 15 is 0 Å². The van der Waals surface area contributed by atoms with Crippen LogP contribution in [0.2, 0.25) is 0 Å². The predicted molar refractivity (Wildman–Crippen MR) is 85.9 cm³/mol. The van der Waals surface area contributed by atoms with E-state index in [1.807, 2.05) is 25.1 Å². The minimum Gasteiger partial charge on any atom is -0.493 e. The van der Waals surface area contributed by atoms with Gasteiger partial charge in [-0.05, 0) is 43.5 Å². The van der Waals surface area contributed by atoms with Gasteiger partial charge in [0.15, 0.2) is 0 Å². The summed E-state index contributed by atoms with van der Waals surface area (Å²) < 4.78 is 29.5. The van der Waals surface area contributed by atoms with Crippen LogP contribution < -0.4 is 10.5 Å². The lowest BCUT2D eigenvalue weighted by Crippen LogP contribution is -2.18. The Bertz CT molecular complexity index is 529. The molecule has 0 saturated heterocycles. The van der Waals surface area contributed by atoms with E-state index in [1.165, 1.54) is 0 Å². The molecule has 0 heterocycles. The van der Waals surface area contributed by atoms with Crippen LogP contribution in [0.15, 0.2) is 22.7 Å². The van der Waals surface area contributed by atoms with E-state index in [-0.39, 0.29) is 17.5 Å². The molecule has 0 spiro atoms. The highest BCUT2D eigenvalue weighted by atomic mass is 79.9. The minimum atomic E-state index is -2.92. The molecule has 0 bridgehead atoms. The van der Waals surface area contributed by atoms with E-state index in [0.717, 1.165) is 22.2 Å². The van der Waals surface area contributed by atoms with Gasteiger partial charge in [0.2, 0.25) is 0 Å². The number of halogens is 1. The monoisotopic (exact) mass is 363 g/mol. The van der Waals surface area contributed by atoms with Gasteiger partial charge in [0.1, 0.15) is 15.6 Å². The van der Waals surface area contributed by atoms with E-state index in [9.17, 15) is 8.42 Å². The molecule has 0 aliphatic carbocycles. The second kappa shape index (κ2) is 8.00. The minimum absolute atomic E-state index is 0.0483. The first-order valence-corrected chi connectivity index (χ1v) is 9.32. The van der Waals surface area contributed by atoms with Gasteiger partial charge in [-0.1, -0.05) is 22.9 Å². The number of benzene rings is 1. The Morgan fingerprint density at radius 3 is 2.70 bits per heavy atom. The van der Waals surface area contributed by atoms with Crippen LogP contribution in [-0.4, -0.2) is 32.6 Å². The molecular formula is C14H22BrNO3S. The summed E-state index contributed by atoms with van der Waals surface area (Å²) in [7, 11) is -2.92. The molecule has 6 heteroatoms. The van der Waals surface area contributed by atoms with Crippen LogP contribution in [0.25, 0.3) is 0 Å². The summed E-state index contributed by atoms with van der Waals surface area (Å²) in [6.07, 6.45) is 1.23. The zero-order chi connectivity index (χ0) is 15.2. The molecular weight excluding hydrogens is 342 g/mol. The number of ether oxygens (including phenoxy) is 1. The fourth-order valence-corrected chi connectivity index (χ4v) is 3.06. The van der Waals surface area contributed by atoms with Crippen molar-refractivity contribution < 1.29 is 13.2 Å². The Kier molecular flexibility index (Phi) is 6.99. The van der Waals surface area contributed by atoms with Gasteiger partial charge in [-0.3, -0.25) is 0 Å².